The lowest BCUT2D eigenvalue weighted by molar-refractivity contribution is -0.0326. The smallest absolute Gasteiger partial charge is 0.0619 e. The van der Waals surface area contributed by atoms with Crippen LogP contribution in [0.1, 0.15) is 44.9 Å². The van der Waals surface area contributed by atoms with Crippen molar-refractivity contribution >= 4 is 0 Å². The van der Waals surface area contributed by atoms with Crippen LogP contribution in [-0.2, 0) is 9.47 Å². The maximum Gasteiger partial charge on any atom is 0.0619 e. The lowest BCUT2D eigenvalue weighted by atomic mass is 10.1. The molecule has 0 radical (unpaired) electrons. The summed E-state index contributed by atoms with van der Waals surface area (Å²) in [5.41, 5.74) is 0. The molecule has 3 heteroatoms. The van der Waals surface area contributed by atoms with Crippen LogP contribution >= 0.6 is 0 Å². The summed E-state index contributed by atoms with van der Waals surface area (Å²) in [4.78, 5) is 0. The third-order valence-corrected chi connectivity index (χ3v) is 3.35. The molecule has 94 valence electrons. The van der Waals surface area contributed by atoms with Gasteiger partial charge in [-0.25, -0.2) is 0 Å². The first kappa shape index (κ1) is 12.3. The highest BCUT2D eigenvalue weighted by molar-refractivity contribution is 4.80. The molecular weight excluding hydrogens is 202 g/mol. The molecule has 1 aliphatic heterocycles. The Hall–Kier alpha value is -0.120. The summed E-state index contributed by atoms with van der Waals surface area (Å²) >= 11 is 0. The van der Waals surface area contributed by atoms with Gasteiger partial charge in [0.2, 0.25) is 0 Å². The fourth-order valence-corrected chi connectivity index (χ4v) is 2.09. The van der Waals surface area contributed by atoms with Crippen molar-refractivity contribution in [2.75, 3.05) is 26.4 Å². The van der Waals surface area contributed by atoms with Crippen LogP contribution in [0.4, 0.5) is 0 Å². The summed E-state index contributed by atoms with van der Waals surface area (Å²) < 4.78 is 11.1. The standard InChI is InChI=1S/C13H25NO2/c1(2-8-14-12-4-5-12)3-9-16-13-6-10-15-11-7-13/h12-14H,1-11H2. The summed E-state index contributed by atoms with van der Waals surface area (Å²) in [7, 11) is 0. The molecule has 0 spiro atoms. The van der Waals surface area contributed by atoms with E-state index in [0.717, 1.165) is 38.7 Å². The predicted molar refractivity (Wildman–Crippen MR) is 64.7 cm³/mol. The van der Waals surface area contributed by atoms with E-state index in [0.29, 0.717) is 6.10 Å². The average Bonchev–Trinajstić information content (AvgIpc) is 3.13. The SMILES string of the molecule is C(CCNC1CC1)CCOC1CCOCC1. The largest absolute Gasteiger partial charge is 0.381 e. The van der Waals surface area contributed by atoms with Gasteiger partial charge in [0.05, 0.1) is 6.10 Å². The minimum absolute atomic E-state index is 0.471. The van der Waals surface area contributed by atoms with Crippen molar-refractivity contribution < 1.29 is 9.47 Å². The van der Waals surface area contributed by atoms with E-state index in [4.69, 9.17) is 9.47 Å². The minimum atomic E-state index is 0.471. The molecular formula is C13H25NO2. The van der Waals surface area contributed by atoms with Gasteiger partial charge in [-0.1, -0.05) is 0 Å². The molecule has 1 N–H and O–H groups in total. The molecule has 2 aliphatic rings. The number of nitrogens with one attached hydrogen (secondary N) is 1. The summed E-state index contributed by atoms with van der Waals surface area (Å²) in [6.45, 7) is 3.90. The molecule has 0 aromatic heterocycles. The van der Waals surface area contributed by atoms with Crippen LogP contribution in [-0.4, -0.2) is 38.5 Å². The Morgan fingerprint density at radius 2 is 1.81 bits per heavy atom. The van der Waals surface area contributed by atoms with E-state index in [2.05, 4.69) is 5.32 Å². The zero-order valence-electron chi connectivity index (χ0n) is 10.2. The second kappa shape index (κ2) is 7.25. The van der Waals surface area contributed by atoms with Gasteiger partial charge in [-0.3, -0.25) is 0 Å². The highest BCUT2D eigenvalue weighted by Crippen LogP contribution is 2.18. The highest BCUT2D eigenvalue weighted by atomic mass is 16.5. The van der Waals surface area contributed by atoms with Gasteiger partial charge in [-0.15, -0.1) is 0 Å². The number of rotatable bonds is 8. The van der Waals surface area contributed by atoms with Gasteiger partial charge in [0.1, 0.15) is 0 Å². The van der Waals surface area contributed by atoms with Crippen molar-refractivity contribution in [3.05, 3.63) is 0 Å². The Morgan fingerprint density at radius 1 is 1.00 bits per heavy atom. The van der Waals surface area contributed by atoms with Crippen molar-refractivity contribution in [2.24, 2.45) is 0 Å². The Kier molecular flexibility index (Phi) is 5.59. The lowest BCUT2D eigenvalue weighted by Gasteiger charge is -2.22. The van der Waals surface area contributed by atoms with E-state index in [1.807, 2.05) is 0 Å². The van der Waals surface area contributed by atoms with Gasteiger partial charge < -0.3 is 14.8 Å². The van der Waals surface area contributed by atoms with Crippen molar-refractivity contribution in [3.8, 4) is 0 Å². The first-order valence-corrected chi connectivity index (χ1v) is 6.88. The van der Waals surface area contributed by atoms with E-state index >= 15 is 0 Å². The zero-order valence-corrected chi connectivity index (χ0v) is 10.2. The Balaban J connectivity index is 1.33. The van der Waals surface area contributed by atoms with Gasteiger partial charge in [-0.05, 0) is 51.5 Å². The van der Waals surface area contributed by atoms with Gasteiger partial charge in [0.25, 0.3) is 0 Å². The molecule has 0 bridgehead atoms. The topological polar surface area (TPSA) is 30.5 Å². The van der Waals surface area contributed by atoms with Crippen LogP contribution in [0, 0.1) is 0 Å². The van der Waals surface area contributed by atoms with Gasteiger partial charge >= 0.3 is 0 Å². The third-order valence-electron chi connectivity index (χ3n) is 3.35. The van der Waals surface area contributed by atoms with Crippen molar-refractivity contribution in [1.29, 1.82) is 0 Å². The number of ether oxygens (including phenoxy) is 2. The molecule has 0 unspecified atom stereocenters. The van der Waals surface area contributed by atoms with Crippen molar-refractivity contribution in [3.63, 3.8) is 0 Å². The number of hydrogen-bond acceptors (Lipinski definition) is 3. The van der Waals surface area contributed by atoms with Gasteiger partial charge in [0, 0.05) is 25.9 Å². The van der Waals surface area contributed by atoms with Crippen molar-refractivity contribution in [2.45, 2.75) is 57.1 Å². The Labute approximate surface area is 98.9 Å². The monoisotopic (exact) mass is 227 g/mol. The van der Waals surface area contributed by atoms with E-state index in [9.17, 15) is 0 Å². The fraction of sp³-hybridized carbons (Fsp3) is 1.00. The van der Waals surface area contributed by atoms with Crippen LogP contribution in [0.2, 0.25) is 0 Å². The molecule has 2 fully saturated rings. The summed E-state index contributed by atoms with van der Waals surface area (Å²) in [5.74, 6) is 0. The van der Waals surface area contributed by atoms with Crippen LogP contribution in [0.3, 0.4) is 0 Å². The molecule has 3 nitrogen and oxygen atoms in total. The third kappa shape index (κ3) is 5.28. The molecule has 2 rings (SSSR count). The lowest BCUT2D eigenvalue weighted by Crippen LogP contribution is -2.23. The average molecular weight is 227 g/mol. The molecule has 1 heterocycles. The maximum atomic E-state index is 5.82. The Bertz CT molecular complexity index is 177. The number of unbranched alkanes of at least 4 members (excludes halogenated alkanes) is 2. The molecule has 0 aromatic carbocycles. The van der Waals surface area contributed by atoms with E-state index in [1.54, 1.807) is 0 Å². The predicted octanol–water partition coefficient (Wildman–Crippen LogP) is 2.10. The second-order valence-corrected chi connectivity index (χ2v) is 4.97. The summed E-state index contributed by atoms with van der Waals surface area (Å²) in [6.07, 6.45) is 9.24. The minimum Gasteiger partial charge on any atom is -0.381 e. The quantitative estimate of drug-likeness (QED) is 0.644. The van der Waals surface area contributed by atoms with Crippen molar-refractivity contribution in [1.82, 2.24) is 5.32 Å². The van der Waals surface area contributed by atoms with Gasteiger partial charge in [0.15, 0.2) is 0 Å². The molecule has 16 heavy (non-hydrogen) atoms. The molecule has 1 saturated heterocycles. The maximum absolute atomic E-state index is 5.82. The van der Waals surface area contributed by atoms with Crippen LogP contribution < -0.4 is 5.32 Å². The summed E-state index contributed by atoms with van der Waals surface area (Å²) in [5, 5.41) is 3.54. The fourth-order valence-electron chi connectivity index (χ4n) is 2.09. The van der Waals surface area contributed by atoms with Gasteiger partial charge in [-0.2, -0.15) is 0 Å². The zero-order chi connectivity index (χ0) is 11.1. The Morgan fingerprint density at radius 3 is 2.56 bits per heavy atom. The molecule has 1 saturated carbocycles. The van der Waals surface area contributed by atoms with Crippen LogP contribution in [0.5, 0.6) is 0 Å². The summed E-state index contributed by atoms with van der Waals surface area (Å²) in [6, 6.07) is 0.860. The second-order valence-electron chi connectivity index (χ2n) is 4.97. The molecule has 0 amide bonds. The molecule has 1 aliphatic carbocycles. The number of hydrogen-bond donors (Lipinski definition) is 1. The van der Waals surface area contributed by atoms with Crippen LogP contribution in [0.15, 0.2) is 0 Å². The van der Waals surface area contributed by atoms with E-state index in [-0.39, 0.29) is 0 Å². The van der Waals surface area contributed by atoms with E-state index < -0.39 is 0 Å². The molecule has 0 aromatic rings. The van der Waals surface area contributed by atoms with Crippen LogP contribution in [0.25, 0.3) is 0 Å². The first-order valence-electron chi connectivity index (χ1n) is 6.88. The highest BCUT2D eigenvalue weighted by Gasteiger charge is 2.19. The normalized spacial score (nSPS) is 22.5. The molecule has 0 atom stereocenters. The first-order chi connectivity index (χ1) is 7.95. The van der Waals surface area contributed by atoms with E-state index in [1.165, 1.54) is 38.6 Å².